The molecule has 5 heteroatoms. The molecular weight excluding hydrogens is 388 g/mol. The number of hydrogen-bond acceptors (Lipinski definition) is 4. The first-order chi connectivity index (χ1) is 15.1. The van der Waals surface area contributed by atoms with Crippen LogP contribution >= 0.6 is 0 Å². The van der Waals surface area contributed by atoms with Crippen LogP contribution < -0.4 is 15.2 Å². The highest BCUT2D eigenvalue weighted by Gasteiger charge is 2.21. The number of hydrogen-bond donors (Lipinski definition) is 1. The number of carbonyl (C=O) groups is 1. The summed E-state index contributed by atoms with van der Waals surface area (Å²) >= 11 is 0. The van der Waals surface area contributed by atoms with Gasteiger partial charge >= 0.3 is 0 Å². The minimum absolute atomic E-state index is 0.0844. The summed E-state index contributed by atoms with van der Waals surface area (Å²) in [5, 5.41) is 0. The quantitative estimate of drug-likeness (QED) is 0.568. The van der Waals surface area contributed by atoms with Crippen molar-refractivity contribution in [1.82, 2.24) is 4.98 Å². The summed E-state index contributed by atoms with van der Waals surface area (Å²) < 4.78 is 11.9. The van der Waals surface area contributed by atoms with Crippen molar-refractivity contribution in [2.45, 2.75) is 44.1 Å². The third-order valence-electron chi connectivity index (χ3n) is 5.97. The number of ether oxygens (including phenoxy) is 2. The normalized spacial score (nSPS) is 14.9. The van der Waals surface area contributed by atoms with Crippen molar-refractivity contribution < 1.29 is 14.3 Å². The fourth-order valence-electron chi connectivity index (χ4n) is 4.25. The van der Waals surface area contributed by atoms with Crippen LogP contribution in [0.2, 0.25) is 0 Å². The zero-order valence-electron chi connectivity index (χ0n) is 17.8. The van der Waals surface area contributed by atoms with Crippen LogP contribution in [0.1, 0.15) is 58.6 Å². The van der Waals surface area contributed by atoms with E-state index >= 15 is 0 Å². The maximum Gasteiger partial charge on any atom is 0.248 e. The van der Waals surface area contributed by atoms with Gasteiger partial charge in [0.15, 0.2) is 11.5 Å². The number of aromatic nitrogens is 1. The van der Waals surface area contributed by atoms with E-state index in [1.807, 2.05) is 42.7 Å². The van der Waals surface area contributed by atoms with Gasteiger partial charge in [-0.15, -0.1) is 0 Å². The van der Waals surface area contributed by atoms with Crippen molar-refractivity contribution in [3.63, 3.8) is 0 Å². The smallest absolute Gasteiger partial charge is 0.248 e. The molecule has 1 amide bonds. The van der Waals surface area contributed by atoms with Crippen LogP contribution in [0.25, 0.3) is 0 Å². The second kappa shape index (κ2) is 9.65. The molecule has 1 aliphatic rings. The van der Waals surface area contributed by atoms with Crippen LogP contribution in [0.15, 0.2) is 67.0 Å². The highest BCUT2D eigenvalue weighted by molar-refractivity contribution is 5.92. The molecule has 2 aromatic carbocycles. The highest BCUT2D eigenvalue weighted by Crippen LogP contribution is 2.37. The number of rotatable bonds is 8. The van der Waals surface area contributed by atoms with Gasteiger partial charge in [0.1, 0.15) is 0 Å². The molecule has 5 nitrogen and oxygen atoms in total. The van der Waals surface area contributed by atoms with Crippen molar-refractivity contribution in [2.75, 3.05) is 7.11 Å². The van der Waals surface area contributed by atoms with Gasteiger partial charge in [0.2, 0.25) is 5.91 Å². The molecule has 3 aromatic rings. The molecule has 1 aromatic heterocycles. The zero-order valence-corrected chi connectivity index (χ0v) is 17.8. The van der Waals surface area contributed by atoms with Gasteiger partial charge in [-0.3, -0.25) is 9.78 Å². The minimum Gasteiger partial charge on any atom is -0.493 e. The summed E-state index contributed by atoms with van der Waals surface area (Å²) in [5.41, 5.74) is 9.37. The number of nitrogens with zero attached hydrogens (tertiary/aromatic N) is 1. The molecule has 1 fully saturated rings. The Kier molecular flexibility index (Phi) is 6.51. The predicted octanol–water partition coefficient (Wildman–Crippen LogP) is 4.89. The van der Waals surface area contributed by atoms with Crippen molar-refractivity contribution >= 4 is 5.91 Å². The van der Waals surface area contributed by atoms with Crippen molar-refractivity contribution in [2.24, 2.45) is 5.73 Å². The molecule has 4 rings (SSSR count). The molecule has 0 aliphatic heterocycles. The van der Waals surface area contributed by atoms with E-state index < -0.39 is 5.91 Å². The molecular formula is C26H28N2O3. The third-order valence-corrected chi connectivity index (χ3v) is 5.97. The summed E-state index contributed by atoms with van der Waals surface area (Å²) in [7, 11) is 1.67. The van der Waals surface area contributed by atoms with E-state index in [0.29, 0.717) is 5.56 Å². The topological polar surface area (TPSA) is 74.4 Å². The average molecular weight is 417 g/mol. The Balaban J connectivity index is 1.70. The van der Waals surface area contributed by atoms with Gasteiger partial charge < -0.3 is 15.2 Å². The van der Waals surface area contributed by atoms with E-state index in [9.17, 15) is 4.79 Å². The first-order valence-corrected chi connectivity index (χ1v) is 10.8. The van der Waals surface area contributed by atoms with Crippen LogP contribution in [0.5, 0.6) is 11.5 Å². The van der Waals surface area contributed by atoms with Crippen LogP contribution in [0, 0.1) is 0 Å². The van der Waals surface area contributed by atoms with Gasteiger partial charge in [0.25, 0.3) is 0 Å². The second-order valence-corrected chi connectivity index (χ2v) is 8.03. The van der Waals surface area contributed by atoms with E-state index in [-0.39, 0.29) is 12.0 Å². The molecule has 31 heavy (non-hydrogen) atoms. The molecule has 1 saturated carbocycles. The standard InChI is InChI=1S/C26H28N2O3/c1-30-24-11-10-21(17-25(24)31-22-4-2-3-5-22)23(16-18-12-14-28-15-13-18)19-6-8-20(9-7-19)26(27)29/h6-15,17,22-23H,2-5,16H2,1H3,(H2,27,29). The van der Waals surface area contributed by atoms with Crippen molar-refractivity contribution in [3.8, 4) is 11.5 Å². The lowest BCUT2D eigenvalue weighted by Crippen LogP contribution is -2.13. The minimum atomic E-state index is -0.422. The molecule has 160 valence electrons. The summed E-state index contributed by atoms with van der Waals surface area (Å²) in [6.45, 7) is 0. The van der Waals surface area contributed by atoms with E-state index in [1.54, 1.807) is 19.2 Å². The maximum atomic E-state index is 11.5. The summed E-state index contributed by atoms with van der Waals surface area (Å²) in [6.07, 6.45) is 9.26. The van der Waals surface area contributed by atoms with E-state index in [1.165, 1.54) is 18.4 Å². The molecule has 1 unspecified atom stereocenters. The highest BCUT2D eigenvalue weighted by atomic mass is 16.5. The lowest BCUT2D eigenvalue weighted by atomic mass is 9.85. The van der Waals surface area contributed by atoms with E-state index in [2.05, 4.69) is 17.1 Å². The van der Waals surface area contributed by atoms with Gasteiger partial charge in [-0.05, 0) is 85.2 Å². The molecule has 0 bridgehead atoms. The number of carbonyl (C=O) groups excluding carboxylic acids is 1. The zero-order chi connectivity index (χ0) is 21.6. The van der Waals surface area contributed by atoms with E-state index in [4.69, 9.17) is 15.2 Å². The van der Waals surface area contributed by atoms with Gasteiger partial charge in [-0.25, -0.2) is 0 Å². The first kappa shape index (κ1) is 20.9. The van der Waals surface area contributed by atoms with Crippen molar-refractivity contribution in [1.29, 1.82) is 0 Å². The molecule has 2 N–H and O–H groups in total. The molecule has 1 heterocycles. The second-order valence-electron chi connectivity index (χ2n) is 8.03. The summed E-state index contributed by atoms with van der Waals surface area (Å²) in [5.74, 6) is 1.21. The van der Waals surface area contributed by atoms with Crippen LogP contribution in [-0.2, 0) is 6.42 Å². The van der Waals surface area contributed by atoms with E-state index in [0.717, 1.165) is 41.9 Å². The number of methoxy groups -OCH3 is 1. The number of benzene rings is 2. The monoisotopic (exact) mass is 416 g/mol. The van der Waals surface area contributed by atoms with Crippen molar-refractivity contribution in [3.05, 3.63) is 89.2 Å². The Hall–Kier alpha value is -3.34. The Labute approximate surface area is 183 Å². The fraction of sp³-hybridized carbons (Fsp3) is 0.308. The van der Waals surface area contributed by atoms with Gasteiger partial charge in [0.05, 0.1) is 13.2 Å². The Bertz CT molecular complexity index is 1010. The predicted molar refractivity (Wildman–Crippen MR) is 121 cm³/mol. The molecule has 1 atom stereocenters. The lowest BCUT2D eigenvalue weighted by molar-refractivity contribution is 0.100. The summed E-state index contributed by atoms with van der Waals surface area (Å²) in [6, 6.07) is 17.8. The van der Waals surface area contributed by atoms with Crippen LogP contribution in [-0.4, -0.2) is 24.1 Å². The largest absolute Gasteiger partial charge is 0.493 e. The average Bonchev–Trinajstić information content (AvgIpc) is 3.31. The lowest BCUT2D eigenvalue weighted by Gasteiger charge is -2.22. The molecule has 0 spiro atoms. The maximum absolute atomic E-state index is 11.5. The van der Waals surface area contributed by atoms with Gasteiger partial charge in [0, 0.05) is 23.9 Å². The Morgan fingerprint density at radius 2 is 1.68 bits per heavy atom. The first-order valence-electron chi connectivity index (χ1n) is 10.8. The Morgan fingerprint density at radius 1 is 1.00 bits per heavy atom. The number of primary amides is 1. The fourth-order valence-corrected chi connectivity index (χ4v) is 4.25. The molecule has 0 radical (unpaired) electrons. The summed E-state index contributed by atoms with van der Waals surface area (Å²) in [4.78, 5) is 15.6. The van der Waals surface area contributed by atoms with Gasteiger partial charge in [-0.1, -0.05) is 18.2 Å². The van der Waals surface area contributed by atoms with Crippen LogP contribution in [0.4, 0.5) is 0 Å². The third kappa shape index (κ3) is 5.05. The number of pyridine rings is 1. The Morgan fingerprint density at radius 3 is 2.32 bits per heavy atom. The van der Waals surface area contributed by atoms with Crippen LogP contribution in [0.3, 0.4) is 0 Å². The molecule has 1 aliphatic carbocycles. The number of nitrogens with two attached hydrogens (primary N) is 1. The SMILES string of the molecule is COc1ccc(C(Cc2ccncc2)c2ccc(C(N)=O)cc2)cc1OC1CCCC1. The molecule has 0 saturated heterocycles. The van der Waals surface area contributed by atoms with Gasteiger partial charge in [-0.2, -0.15) is 0 Å². The number of amides is 1.